The van der Waals surface area contributed by atoms with Crippen molar-refractivity contribution < 1.29 is 4.74 Å². The normalized spacial score (nSPS) is 15.7. The zero-order valence-corrected chi connectivity index (χ0v) is 21.2. The minimum Gasteiger partial charge on any atom is -0.489 e. The third kappa shape index (κ3) is 5.68. The highest BCUT2D eigenvalue weighted by molar-refractivity contribution is 7.80. The van der Waals surface area contributed by atoms with Gasteiger partial charge in [0.1, 0.15) is 5.75 Å². The number of piperidine rings is 1. The monoisotopic (exact) mass is 464 g/mol. The predicted octanol–water partition coefficient (Wildman–Crippen LogP) is 6.74. The van der Waals surface area contributed by atoms with Crippen LogP contribution < -0.4 is 15.4 Å². The van der Waals surface area contributed by atoms with Crippen molar-refractivity contribution in [2.45, 2.75) is 65.0 Å². The lowest BCUT2D eigenvalue weighted by molar-refractivity contribution is 0.102. The van der Waals surface area contributed by atoms with Crippen molar-refractivity contribution in [1.82, 2.24) is 9.88 Å². The van der Waals surface area contributed by atoms with Crippen LogP contribution in [0, 0.1) is 0 Å². The maximum atomic E-state index is 5.90. The van der Waals surface area contributed by atoms with Gasteiger partial charge in [0.2, 0.25) is 0 Å². The van der Waals surface area contributed by atoms with Gasteiger partial charge in [-0.1, -0.05) is 12.1 Å². The van der Waals surface area contributed by atoms with Gasteiger partial charge in [0.15, 0.2) is 5.11 Å². The number of aromatic nitrogens is 1. The van der Waals surface area contributed by atoms with Crippen LogP contribution in [0.3, 0.4) is 0 Å². The van der Waals surface area contributed by atoms with Gasteiger partial charge in [-0.3, -0.25) is 4.90 Å². The lowest BCUT2D eigenvalue weighted by atomic mass is 9.87. The van der Waals surface area contributed by atoms with Gasteiger partial charge in [-0.15, -0.1) is 0 Å². The van der Waals surface area contributed by atoms with Crippen LogP contribution in [0.4, 0.5) is 11.4 Å². The highest BCUT2D eigenvalue weighted by Crippen LogP contribution is 2.36. The third-order valence-electron chi connectivity index (χ3n) is 6.35. The SMILES string of the molecule is CC(C)Oc1ccccc1NC(=S)Nc1ccc2[nH]cc(C3CCN(C(C)(C)C)CC3)c2c1. The first-order chi connectivity index (χ1) is 15.7. The van der Waals surface area contributed by atoms with Gasteiger partial charge in [0.05, 0.1) is 11.8 Å². The molecule has 3 N–H and O–H groups in total. The predicted molar refractivity (Wildman–Crippen MR) is 144 cm³/mol. The van der Waals surface area contributed by atoms with E-state index in [1.54, 1.807) is 0 Å². The van der Waals surface area contributed by atoms with Crippen LogP contribution in [0.5, 0.6) is 5.75 Å². The molecule has 3 aromatic rings. The van der Waals surface area contributed by atoms with Gasteiger partial charge in [-0.25, -0.2) is 0 Å². The number of fused-ring (bicyclic) bond motifs is 1. The van der Waals surface area contributed by atoms with Crippen LogP contribution in [0.15, 0.2) is 48.7 Å². The summed E-state index contributed by atoms with van der Waals surface area (Å²) in [5, 5.41) is 8.46. The third-order valence-corrected chi connectivity index (χ3v) is 6.56. The molecule has 0 unspecified atom stereocenters. The molecule has 0 aliphatic carbocycles. The number of thiocarbonyl (C=S) groups is 1. The highest BCUT2D eigenvalue weighted by atomic mass is 32.1. The van der Waals surface area contributed by atoms with Crippen molar-refractivity contribution in [2.75, 3.05) is 23.7 Å². The van der Waals surface area contributed by atoms with Crippen molar-refractivity contribution in [3.63, 3.8) is 0 Å². The Bertz CT molecular complexity index is 1110. The number of rotatable bonds is 5. The van der Waals surface area contributed by atoms with E-state index in [0.717, 1.165) is 30.2 Å². The fourth-order valence-electron chi connectivity index (χ4n) is 4.63. The van der Waals surface area contributed by atoms with Gasteiger partial charge in [-0.05, 0) is 115 Å². The zero-order chi connectivity index (χ0) is 23.6. The van der Waals surface area contributed by atoms with Gasteiger partial charge in [-0.2, -0.15) is 0 Å². The summed E-state index contributed by atoms with van der Waals surface area (Å²) in [6.07, 6.45) is 4.67. The summed E-state index contributed by atoms with van der Waals surface area (Å²) in [6, 6.07) is 14.3. The fourth-order valence-corrected chi connectivity index (χ4v) is 4.86. The summed E-state index contributed by atoms with van der Waals surface area (Å²) < 4.78 is 5.90. The molecule has 0 amide bonds. The molecule has 1 aliphatic heterocycles. The number of hydrogen-bond donors (Lipinski definition) is 3. The molecule has 0 spiro atoms. The van der Waals surface area contributed by atoms with Crippen molar-refractivity contribution in [2.24, 2.45) is 0 Å². The Kier molecular flexibility index (Phi) is 6.96. The summed E-state index contributed by atoms with van der Waals surface area (Å²) in [5.74, 6) is 1.37. The Morgan fingerprint density at radius 1 is 1.09 bits per heavy atom. The van der Waals surface area contributed by atoms with E-state index in [4.69, 9.17) is 17.0 Å². The van der Waals surface area contributed by atoms with Crippen LogP contribution in [-0.4, -0.2) is 39.7 Å². The summed E-state index contributed by atoms with van der Waals surface area (Å²) in [5.41, 5.74) is 4.66. The number of hydrogen-bond acceptors (Lipinski definition) is 3. The van der Waals surface area contributed by atoms with E-state index in [2.05, 4.69) is 65.7 Å². The zero-order valence-electron chi connectivity index (χ0n) is 20.4. The van der Waals surface area contributed by atoms with Crippen LogP contribution in [0.2, 0.25) is 0 Å². The smallest absolute Gasteiger partial charge is 0.175 e. The molecule has 0 saturated carbocycles. The van der Waals surface area contributed by atoms with Crippen molar-refractivity contribution in [1.29, 1.82) is 0 Å². The van der Waals surface area contributed by atoms with E-state index in [9.17, 15) is 0 Å². The molecule has 1 aliphatic rings. The van der Waals surface area contributed by atoms with Gasteiger partial charge in [0.25, 0.3) is 0 Å². The van der Waals surface area contributed by atoms with E-state index in [-0.39, 0.29) is 11.6 Å². The first-order valence-electron chi connectivity index (χ1n) is 11.9. The Morgan fingerprint density at radius 2 is 1.82 bits per heavy atom. The molecule has 33 heavy (non-hydrogen) atoms. The van der Waals surface area contributed by atoms with Gasteiger partial charge >= 0.3 is 0 Å². The first-order valence-corrected chi connectivity index (χ1v) is 12.3. The molecular formula is C27H36N4OS. The lowest BCUT2D eigenvalue weighted by Gasteiger charge is -2.41. The van der Waals surface area contributed by atoms with E-state index < -0.39 is 0 Å². The number of H-pyrrole nitrogens is 1. The number of anilines is 2. The molecule has 1 saturated heterocycles. The molecule has 6 heteroatoms. The second kappa shape index (κ2) is 9.74. The molecular weight excluding hydrogens is 428 g/mol. The molecule has 176 valence electrons. The average Bonchev–Trinajstić information content (AvgIpc) is 3.17. The number of ether oxygens (including phenoxy) is 1. The minimum absolute atomic E-state index is 0.0964. The lowest BCUT2D eigenvalue weighted by Crippen LogP contribution is -2.45. The highest BCUT2D eigenvalue weighted by Gasteiger charge is 2.28. The Morgan fingerprint density at radius 3 is 2.52 bits per heavy atom. The molecule has 1 fully saturated rings. The molecule has 2 aromatic carbocycles. The number of nitrogens with zero attached hydrogens (tertiary/aromatic N) is 1. The number of benzene rings is 2. The Balaban J connectivity index is 1.46. The Hall–Kier alpha value is -2.57. The van der Waals surface area contributed by atoms with Crippen LogP contribution in [0.25, 0.3) is 10.9 Å². The van der Waals surface area contributed by atoms with Gasteiger partial charge < -0.3 is 20.4 Å². The molecule has 0 atom stereocenters. The van der Waals surface area contributed by atoms with Crippen LogP contribution in [0.1, 0.15) is 58.9 Å². The second-order valence-electron chi connectivity index (χ2n) is 10.2. The van der Waals surface area contributed by atoms with E-state index in [0.29, 0.717) is 11.0 Å². The summed E-state index contributed by atoms with van der Waals surface area (Å²) in [4.78, 5) is 6.06. The largest absolute Gasteiger partial charge is 0.489 e. The molecule has 1 aromatic heterocycles. The number of aromatic amines is 1. The number of likely N-dealkylation sites (tertiary alicyclic amines) is 1. The van der Waals surface area contributed by atoms with E-state index in [1.165, 1.54) is 29.3 Å². The van der Waals surface area contributed by atoms with E-state index in [1.807, 2.05) is 38.1 Å². The fraction of sp³-hybridized carbons (Fsp3) is 0.444. The Labute approximate surface area is 202 Å². The minimum atomic E-state index is 0.0964. The summed E-state index contributed by atoms with van der Waals surface area (Å²) in [6.45, 7) is 13.2. The average molecular weight is 465 g/mol. The van der Waals surface area contributed by atoms with Crippen molar-refractivity contribution in [3.8, 4) is 5.75 Å². The number of nitrogens with one attached hydrogen (secondary N) is 3. The molecule has 2 heterocycles. The molecule has 0 bridgehead atoms. The maximum absolute atomic E-state index is 5.90. The van der Waals surface area contributed by atoms with Crippen molar-refractivity contribution in [3.05, 3.63) is 54.2 Å². The molecule has 0 radical (unpaired) electrons. The summed E-state index contributed by atoms with van der Waals surface area (Å²) >= 11 is 5.61. The van der Waals surface area contributed by atoms with Crippen LogP contribution >= 0.6 is 12.2 Å². The van der Waals surface area contributed by atoms with Gasteiger partial charge in [0, 0.05) is 28.3 Å². The topological polar surface area (TPSA) is 52.3 Å². The second-order valence-corrected chi connectivity index (χ2v) is 10.6. The van der Waals surface area contributed by atoms with Crippen molar-refractivity contribution >= 4 is 39.6 Å². The molecule has 4 rings (SSSR count). The molecule has 5 nitrogen and oxygen atoms in total. The summed E-state index contributed by atoms with van der Waals surface area (Å²) in [7, 11) is 0. The van der Waals surface area contributed by atoms with Crippen LogP contribution in [-0.2, 0) is 0 Å². The standard InChI is InChI=1S/C27H36N4OS/c1-18(2)32-25-9-7-6-8-24(25)30-26(33)29-20-10-11-23-21(16-20)22(17-28-23)19-12-14-31(15-13-19)27(3,4)5/h6-11,16-19,28H,12-15H2,1-5H3,(H2,29,30,33). The maximum Gasteiger partial charge on any atom is 0.175 e. The van der Waals surface area contributed by atoms with E-state index >= 15 is 0 Å². The quantitative estimate of drug-likeness (QED) is 0.365. The number of para-hydroxylation sites is 2. The first kappa shape index (κ1) is 23.6.